The van der Waals surface area contributed by atoms with Gasteiger partial charge in [-0.2, -0.15) is 30.7 Å². The highest BCUT2D eigenvalue weighted by atomic mass is 19.4. The van der Waals surface area contributed by atoms with E-state index in [4.69, 9.17) is 5.11 Å². The average Bonchev–Trinajstić information content (AvgIpc) is 2.21. The number of rotatable bonds is 6. The van der Waals surface area contributed by atoms with Crippen LogP contribution < -0.4 is 0 Å². The maximum atomic E-state index is 13.4. The summed E-state index contributed by atoms with van der Waals surface area (Å²) in [6, 6.07) is 0. The van der Waals surface area contributed by atoms with Crippen molar-refractivity contribution in [1.29, 1.82) is 0 Å². The summed E-state index contributed by atoms with van der Waals surface area (Å²) < 4.78 is 105. The Bertz CT molecular complexity index is 466. The number of carbonyl (C=O) groups is 2. The molecule has 0 aliphatic carbocycles. The van der Waals surface area contributed by atoms with Crippen molar-refractivity contribution in [3.63, 3.8) is 0 Å². The van der Waals surface area contributed by atoms with E-state index in [1.54, 1.807) is 0 Å². The van der Waals surface area contributed by atoms with Crippen molar-refractivity contribution >= 4 is 11.9 Å². The monoisotopic (exact) mass is 344 g/mol. The third-order valence-corrected chi connectivity index (χ3v) is 2.14. The summed E-state index contributed by atoms with van der Waals surface area (Å²) in [5.74, 6) is -10.2. The van der Waals surface area contributed by atoms with Gasteiger partial charge in [-0.05, 0) is 6.92 Å². The lowest BCUT2D eigenvalue weighted by atomic mass is 9.94. The van der Waals surface area contributed by atoms with Gasteiger partial charge >= 0.3 is 30.1 Å². The predicted molar refractivity (Wildman–Crippen MR) is 52.9 cm³/mol. The molecule has 0 fully saturated rings. The Morgan fingerprint density at radius 3 is 1.82 bits per heavy atom. The number of aliphatic carboxylic acids is 1. The van der Waals surface area contributed by atoms with Crippen LogP contribution in [0.1, 0.15) is 13.3 Å². The lowest BCUT2D eigenvalue weighted by Crippen LogP contribution is -2.57. The lowest BCUT2D eigenvalue weighted by molar-refractivity contribution is -0.368. The molecule has 0 bridgehead atoms. The van der Waals surface area contributed by atoms with Gasteiger partial charge < -0.3 is 9.84 Å². The fourth-order valence-corrected chi connectivity index (χ4v) is 1.15. The molecule has 12 heteroatoms. The highest BCUT2D eigenvalue weighted by Crippen LogP contribution is 2.49. The van der Waals surface area contributed by atoms with E-state index < -0.39 is 49.2 Å². The minimum atomic E-state index is -6.03. The van der Waals surface area contributed by atoms with Crippen LogP contribution in [-0.2, 0) is 14.3 Å². The zero-order valence-electron chi connectivity index (χ0n) is 10.6. The van der Waals surface area contributed by atoms with Crippen molar-refractivity contribution in [3.05, 3.63) is 12.2 Å². The van der Waals surface area contributed by atoms with Crippen LogP contribution in [-0.4, -0.2) is 40.9 Å². The minimum absolute atomic E-state index is 0.0546. The number of carboxylic acids is 1. The molecule has 22 heavy (non-hydrogen) atoms. The van der Waals surface area contributed by atoms with E-state index >= 15 is 0 Å². The first-order chi connectivity index (χ1) is 9.52. The van der Waals surface area contributed by atoms with Gasteiger partial charge in [0, 0.05) is 12.2 Å². The van der Waals surface area contributed by atoms with Crippen molar-refractivity contribution in [3.8, 4) is 0 Å². The van der Waals surface area contributed by atoms with Gasteiger partial charge in [-0.3, -0.25) is 0 Å². The molecular formula is C10H8F8O4. The molecular weight excluding hydrogens is 336 g/mol. The van der Waals surface area contributed by atoms with Crippen molar-refractivity contribution in [2.45, 2.75) is 37.2 Å². The van der Waals surface area contributed by atoms with Crippen LogP contribution >= 0.6 is 0 Å². The molecule has 0 heterocycles. The first-order valence-corrected chi connectivity index (χ1v) is 5.17. The molecule has 0 amide bonds. The standard InChI is InChI=1S/C10H8F8O4/c1-7(11,4-8(12,13)14)9(15,16)10(17,18)22-6(21)3-2-5(19)20/h2-3H,4H2,1H3,(H,19,20). The third kappa shape index (κ3) is 5.15. The van der Waals surface area contributed by atoms with Gasteiger partial charge in [0.2, 0.25) is 0 Å². The number of carbonyl (C=O) groups excluding carboxylic acids is 1. The quantitative estimate of drug-likeness (QED) is 0.457. The van der Waals surface area contributed by atoms with Crippen molar-refractivity contribution in [2.75, 3.05) is 0 Å². The summed E-state index contributed by atoms with van der Waals surface area (Å²) in [5.41, 5.74) is -4.79. The van der Waals surface area contributed by atoms with Gasteiger partial charge in [0.05, 0.1) is 6.42 Å². The molecule has 0 saturated heterocycles. The molecule has 0 aromatic carbocycles. The largest absolute Gasteiger partial charge is 0.478 e. The second-order valence-electron chi connectivity index (χ2n) is 4.17. The zero-order chi connectivity index (χ0) is 18.0. The fourth-order valence-electron chi connectivity index (χ4n) is 1.15. The molecule has 4 nitrogen and oxygen atoms in total. The van der Waals surface area contributed by atoms with Gasteiger partial charge in [-0.25, -0.2) is 14.0 Å². The second kappa shape index (κ2) is 6.08. The highest BCUT2D eigenvalue weighted by molar-refractivity contribution is 5.90. The Balaban J connectivity index is 5.30. The summed E-state index contributed by atoms with van der Waals surface area (Å²) in [5, 5.41) is 8.06. The Hall–Kier alpha value is -1.88. The van der Waals surface area contributed by atoms with E-state index in [-0.39, 0.29) is 12.2 Å². The summed E-state index contributed by atoms with van der Waals surface area (Å²) >= 11 is 0. The molecule has 0 aromatic heterocycles. The highest BCUT2D eigenvalue weighted by Gasteiger charge is 2.72. The molecule has 0 aliphatic heterocycles. The number of halogens is 8. The van der Waals surface area contributed by atoms with Crippen LogP contribution in [0.3, 0.4) is 0 Å². The normalized spacial score (nSPS) is 16.4. The SMILES string of the molecule is CC(F)(CC(F)(F)F)C(F)(F)C(F)(F)OC(=O)C=CC(=O)O. The van der Waals surface area contributed by atoms with Gasteiger partial charge in [-0.15, -0.1) is 0 Å². The third-order valence-electron chi connectivity index (χ3n) is 2.14. The first-order valence-electron chi connectivity index (χ1n) is 5.17. The van der Waals surface area contributed by atoms with Crippen LogP contribution in [0.25, 0.3) is 0 Å². The Morgan fingerprint density at radius 1 is 1.00 bits per heavy atom. The van der Waals surface area contributed by atoms with E-state index in [1.807, 2.05) is 0 Å². The molecule has 1 atom stereocenters. The number of esters is 1. The number of ether oxygens (including phenoxy) is 1. The number of carboxylic acid groups (broad SMARTS) is 1. The van der Waals surface area contributed by atoms with Gasteiger partial charge in [0.1, 0.15) is 0 Å². The predicted octanol–water partition coefficient (Wildman–Crippen LogP) is 3.08. The fraction of sp³-hybridized carbons (Fsp3) is 0.600. The van der Waals surface area contributed by atoms with Crippen molar-refractivity contribution < 1.29 is 54.6 Å². The molecule has 0 rings (SSSR count). The Morgan fingerprint density at radius 2 is 1.45 bits per heavy atom. The molecule has 0 aliphatic rings. The van der Waals surface area contributed by atoms with Gasteiger partial charge in [-0.1, -0.05) is 0 Å². The van der Waals surface area contributed by atoms with E-state index in [2.05, 4.69) is 4.74 Å². The summed E-state index contributed by atoms with van der Waals surface area (Å²) in [4.78, 5) is 20.7. The first kappa shape index (κ1) is 20.1. The smallest absolute Gasteiger partial charge is 0.470 e. The summed E-state index contributed by atoms with van der Waals surface area (Å²) in [6.45, 7) is -0.435. The zero-order valence-corrected chi connectivity index (χ0v) is 10.6. The van der Waals surface area contributed by atoms with Crippen LogP contribution in [0.5, 0.6) is 0 Å². The average molecular weight is 344 g/mol. The molecule has 0 radical (unpaired) electrons. The van der Waals surface area contributed by atoms with E-state index in [0.717, 1.165) is 0 Å². The molecule has 128 valence electrons. The van der Waals surface area contributed by atoms with E-state index in [1.165, 1.54) is 0 Å². The van der Waals surface area contributed by atoms with E-state index in [9.17, 15) is 44.7 Å². The summed E-state index contributed by atoms with van der Waals surface area (Å²) in [7, 11) is 0. The maximum absolute atomic E-state index is 13.4. The second-order valence-corrected chi connectivity index (χ2v) is 4.17. The number of hydrogen-bond donors (Lipinski definition) is 1. The molecule has 1 N–H and O–H groups in total. The Labute approximate surface area is 117 Å². The molecule has 1 unspecified atom stereocenters. The van der Waals surface area contributed by atoms with Crippen LogP contribution in [0, 0.1) is 0 Å². The number of alkyl halides is 8. The topological polar surface area (TPSA) is 63.6 Å². The van der Waals surface area contributed by atoms with Gasteiger partial charge in [0.25, 0.3) is 0 Å². The maximum Gasteiger partial charge on any atom is 0.470 e. The van der Waals surface area contributed by atoms with Crippen LogP contribution in [0.4, 0.5) is 35.1 Å². The van der Waals surface area contributed by atoms with Gasteiger partial charge in [0.15, 0.2) is 5.67 Å². The van der Waals surface area contributed by atoms with Crippen molar-refractivity contribution in [1.82, 2.24) is 0 Å². The van der Waals surface area contributed by atoms with Crippen LogP contribution in [0.2, 0.25) is 0 Å². The van der Waals surface area contributed by atoms with Crippen LogP contribution in [0.15, 0.2) is 12.2 Å². The summed E-state index contributed by atoms with van der Waals surface area (Å²) in [6.07, 6.45) is -14.7. The lowest BCUT2D eigenvalue weighted by Gasteiger charge is -2.34. The Kier molecular flexibility index (Phi) is 5.56. The molecule has 0 spiro atoms. The van der Waals surface area contributed by atoms with Crippen molar-refractivity contribution in [2.24, 2.45) is 0 Å². The molecule has 0 saturated carbocycles. The van der Waals surface area contributed by atoms with E-state index in [0.29, 0.717) is 0 Å². The molecule has 0 aromatic rings. The minimum Gasteiger partial charge on any atom is -0.478 e. The number of hydrogen-bond acceptors (Lipinski definition) is 3.